The van der Waals surface area contributed by atoms with Crippen LogP contribution in [0.25, 0.3) is 5.57 Å². The van der Waals surface area contributed by atoms with Crippen molar-refractivity contribution in [3.05, 3.63) is 76.3 Å². The van der Waals surface area contributed by atoms with Crippen molar-refractivity contribution in [3.63, 3.8) is 0 Å². The van der Waals surface area contributed by atoms with Crippen molar-refractivity contribution < 1.29 is 19.4 Å². The summed E-state index contributed by atoms with van der Waals surface area (Å²) in [5.74, 6) is -2.55. The quantitative estimate of drug-likeness (QED) is 0.631. The van der Waals surface area contributed by atoms with Crippen LogP contribution in [0.15, 0.2) is 54.3 Å². The van der Waals surface area contributed by atoms with E-state index >= 15 is 0 Å². The Hall–Kier alpha value is -2.33. The molecule has 0 aromatic heterocycles. The van der Waals surface area contributed by atoms with E-state index in [1.165, 1.54) is 24.3 Å². The molecule has 2 aromatic carbocycles. The van der Waals surface area contributed by atoms with Gasteiger partial charge in [0.05, 0.1) is 0 Å². The molecular formula is C17H14ClFO3. The van der Waals surface area contributed by atoms with Gasteiger partial charge in [-0.05, 0) is 48.2 Å². The van der Waals surface area contributed by atoms with Crippen LogP contribution in [0.5, 0.6) is 0 Å². The van der Waals surface area contributed by atoms with Gasteiger partial charge in [-0.1, -0.05) is 35.9 Å². The first-order valence-corrected chi connectivity index (χ1v) is 7.01. The van der Waals surface area contributed by atoms with Gasteiger partial charge in [-0.15, -0.1) is 0 Å². The van der Waals surface area contributed by atoms with Crippen LogP contribution in [-0.4, -0.2) is 16.2 Å². The van der Waals surface area contributed by atoms with E-state index in [1.807, 2.05) is 12.1 Å². The molecule has 0 amide bonds. The van der Waals surface area contributed by atoms with Crippen LogP contribution in [0, 0.1) is 5.82 Å². The topological polar surface area (TPSA) is 57.5 Å². The summed E-state index contributed by atoms with van der Waals surface area (Å²) in [6.07, 6.45) is 0.840. The molecule has 0 radical (unpaired) electrons. The Balaban J connectivity index is 2.26. The van der Waals surface area contributed by atoms with Crippen molar-refractivity contribution in [2.24, 2.45) is 0 Å². The Morgan fingerprint density at radius 1 is 1.00 bits per heavy atom. The van der Waals surface area contributed by atoms with E-state index < -0.39 is 17.5 Å². The van der Waals surface area contributed by atoms with Gasteiger partial charge < -0.3 is 10.2 Å². The fourth-order valence-electron chi connectivity index (χ4n) is 2.10. The number of allylic oxidation sites excluding steroid dienone is 1. The lowest BCUT2D eigenvalue weighted by Gasteiger charge is -2.10. The number of carboxylic acid groups (broad SMARTS) is 1. The monoisotopic (exact) mass is 320 g/mol. The van der Waals surface area contributed by atoms with E-state index in [1.54, 1.807) is 12.1 Å². The number of hydrogen-bond acceptors (Lipinski definition) is 2. The molecule has 0 spiro atoms. The van der Waals surface area contributed by atoms with Gasteiger partial charge in [0.1, 0.15) is 5.82 Å². The van der Waals surface area contributed by atoms with E-state index in [9.17, 15) is 14.3 Å². The first-order chi connectivity index (χ1) is 10.5. The van der Waals surface area contributed by atoms with Gasteiger partial charge in [0.25, 0.3) is 0 Å². The lowest BCUT2D eigenvalue weighted by Crippen LogP contribution is -2.04. The second kappa shape index (κ2) is 7.09. The summed E-state index contributed by atoms with van der Waals surface area (Å²) in [5.41, 5.74) is 1.71. The molecule has 0 aliphatic rings. The Kier molecular flexibility index (Phi) is 5.17. The summed E-state index contributed by atoms with van der Waals surface area (Å²) in [5, 5.41) is 19.4. The number of aryl methyl sites for hydroxylation is 1. The maximum absolute atomic E-state index is 13.0. The normalized spacial score (nSPS) is 11.9. The number of hydrogen-bond donors (Lipinski definition) is 2. The maximum Gasteiger partial charge on any atom is 0.371 e. The van der Waals surface area contributed by atoms with E-state index in [2.05, 4.69) is 0 Å². The molecular weight excluding hydrogens is 307 g/mol. The predicted molar refractivity (Wildman–Crippen MR) is 83.4 cm³/mol. The predicted octanol–water partition coefficient (Wildman–Crippen LogP) is 4.47. The Morgan fingerprint density at radius 2 is 1.59 bits per heavy atom. The van der Waals surface area contributed by atoms with Crippen molar-refractivity contribution in [1.82, 2.24) is 0 Å². The lowest BCUT2D eigenvalue weighted by atomic mass is 9.97. The van der Waals surface area contributed by atoms with Gasteiger partial charge in [-0.3, -0.25) is 0 Å². The highest BCUT2D eigenvalue weighted by atomic mass is 35.5. The zero-order valence-electron chi connectivity index (χ0n) is 11.6. The fraction of sp³-hybridized carbons (Fsp3) is 0.118. The zero-order valence-corrected chi connectivity index (χ0v) is 12.3. The summed E-state index contributed by atoms with van der Waals surface area (Å²) in [4.78, 5) is 11.0. The second-order valence-electron chi connectivity index (χ2n) is 4.77. The van der Waals surface area contributed by atoms with E-state index in [-0.39, 0.29) is 5.57 Å². The fourth-order valence-corrected chi connectivity index (χ4v) is 2.23. The van der Waals surface area contributed by atoms with Gasteiger partial charge in [0.2, 0.25) is 5.76 Å². The van der Waals surface area contributed by atoms with Crippen LogP contribution >= 0.6 is 11.6 Å². The Morgan fingerprint density at radius 3 is 2.14 bits per heavy atom. The number of aliphatic carboxylic acids is 1. The second-order valence-corrected chi connectivity index (χ2v) is 5.20. The third-order valence-corrected chi connectivity index (χ3v) is 3.51. The zero-order chi connectivity index (χ0) is 16.1. The van der Waals surface area contributed by atoms with Crippen LogP contribution in [0.1, 0.15) is 17.5 Å². The number of carbonyl (C=O) groups is 1. The molecule has 0 unspecified atom stereocenters. The van der Waals surface area contributed by atoms with Crippen LogP contribution < -0.4 is 0 Å². The van der Waals surface area contributed by atoms with E-state index in [0.29, 0.717) is 23.4 Å². The average molecular weight is 321 g/mol. The molecule has 3 nitrogen and oxygen atoms in total. The van der Waals surface area contributed by atoms with Crippen LogP contribution in [0.2, 0.25) is 5.02 Å². The standard InChI is InChI=1S/C17H14ClFO3/c18-13-6-1-11(2-7-13)3-10-15(16(20)17(21)22)12-4-8-14(19)9-5-12/h1-2,4-9,20H,3,10H2,(H,21,22)/b16-15-. The van der Waals surface area contributed by atoms with Gasteiger partial charge in [0, 0.05) is 10.6 Å². The first kappa shape index (κ1) is 16.0. The average Bonchev–Trinajstić information content (AvgIpc) is 2.50. The Bertz CT molecular complexity index is 691. The molecule has 0 fully saturated rings. The number of rotatable bonds is 5. The smallest absolute Gasteiger partial charge is 0.371 e. The van der Waals surface area contributed by atoms with Crippen molar-refractivity contribution in [2.45, 2.75) is 12.8 Å². The number of halogens is 2. The number of aliphatic hydroxyl groups is 1. The lowest BCUT2D eigenvalue weighted by molar-refractivity contribution is -0.135. The number of benzene rings is 2. The number of aliphatic hydroxyl groups excluding tert-OH is 1. The van der Waals surface area contributed by atoms with Crippen molar-refractivity contribution in [2.75, 3.05) is 0 Å². The summed E-state index contributed by atoms with van der Waals surface area (Å²) >= 11 is 5.81. The number of carboxylic acids is 1. The molecule has 5 heteroatoms. The van der Waals surface area contributed by atoms with Gasteiger partial charge in [-0.25, -0.2) is 9.18 Å². The summed E-state index contributed by atoms with van der Waals surface area (Å²) in [7, 11) is 0. The molecule has 0 heterocycles. The van der Waals surface area contributed by atoms with Gasteiger partial charge in [-0.2, -0.15) is 0 Å². The molecule has 0 saturated heterocycles. The minimum absolute atomic E-state index is 0.266. The van der Waals surface area contributed by atoms with Crippen molar-refractivity contribution in [3.8, 4) is 0 Å². The SMILES string of the molecule is O=C(O)/C(O)=C(\CCc1ccc(Cl)cc1)c1ccc(F)cc1. The molecule has 0 saturated carbocycles. The highest BCUT2D eigenvalue weighted by Crippen LogP contribution is 2.24. The van der Waals surface area contributed by atoms with Crippen LogP contribution in [-0.2, 0) is 11.2 Å². The molecule has 0 aliphatic carbocycles. The summed E-state index contributed by atoms with van der Waals surface area (Å²) in [6, 6.07) is 12.5. The van der Waals surface area contributed by atoms with Crippen LogP contribution in [0.3, 0.4) is 0 Å². The van der Waals surface area contributed by atoms with E-state index in [4.69, 9.17) is 16.7 Å². The third kappa shape index (κ3) is 4.09. The van der Waals surface area contributed by atoms with Gasteiger partial charge in [0.15, 0.2) is 0 Å². The van der Waals surface area contributed by atoms with E-state index in [0.717, 1.165) is 5.56 Å². The summed E-state index contributed by atoms with van der Waals surface area (Å²) in [6.45, 7) is 0. The molecule has 22 heavy (non-hydrogen) atoms. The Labute approximate surface area is 132 Å². The maximum atomic E-state index is 13.0. The van der Waals surface area contributed by atoms with Gasteiger partial charge >= 0.3 is 5.97 Å². The molecule has 0 bridgehead atoms. The largest absolute Gasteiger partial charge is 0.502 e. The third-order valence-electron chi connectivity index (χ3n) is 3.26. The van der Waals surface area contributed by atoms with Crippen molar-refractivity contribution >= 4 is 23.1 Å². The minimum Gasteiger partial charge on any atom is -0.502 e. The minimum atomic E-state index is -1.41. The molecule has 114 valence electrons. The molecule has 2 rings (SSSR count). The first-order valence-electron chi connectivity index (χ1n) is 6.63. The highest BCUT2D eigenvalue weighted by Gasteiger charge is 2.15. The molecule has 0 aliphatic heterocycles. The van der Waals surface area contributed by atoms with Crippen LogP contribution in [0.4, 0.5) is 4.39 Å². The molecule has 0 atom stereocenters. The summed E-state index contributed by atoms with van der Waals surface area (Å²) < 4.78 is 13.0. The van der Waals surface area contributed by atoms with Crippen molar-refractivity contribution in [1.29, 1.82) is 0 Å². The molecule has 2 aromatic rings. The highest BCUT2D eigenvalue weighted by molar-refractivity contribution is 6.30. The molecule has 2 N–H and O–H groups in total.